The molecule has 2 aliphatic heterocycles. The second-order valence-electron chi connectivity index (χ2n) is 7.71. The minimum Gasteiger partial charge on any atom is -0.438 e. The van der Waals surface area contributed by atoms with Gasteiger partial charge in [0, 0.05) is 24.0 Å². The molecule has 0 bridgehead atoms. The van der Waals surface area contributed by atoms with Crippen LogP contribution in [-0.4, -0.2) is 64.3 Å². The van der Waals surface area contributed by atoms with Gasteiger partial charge in [0.15, 0.2) is 28.4 Å². The molecule has 5 unspecified atom stereocenters. The fourth-order valence-corrected chi connectivity index (χ4v) is 6.13. The Morgan fingerprint density at radius 2 is 2.11 bits per heavy atom. The van der Waals surface area contributed by atoms with Crippen LogP contribution in [0.25, 0.3) is 11.2 Å². The van der Waals surface area contributed by atoms with Crippen molar-refractivity contribution in [1.29, 1.82) is 0 Å². The molecule has 2 saturated heterocycles. The second-order valence-corrected chi connectivity index (χ2v) is 10.8. The third kappa shape index (κ3) is 4.95. The van der Waals surface area contributed by atoms with Gasteiger partial charge >= 0.3 is 13.8 Å². The maximum absolute atomic E-state index is 13.0. The summed E-state index contributed by atoms with van der Waals surface area (Å²) in [4.78, 5) is 24.9. The lowest BCUT2D eigenvalue weighted by Gasteiger charge is -2.31. The maximum Gasteiger partial charge on any atom is 0.478 e. The van der Waals surface area contributed by atoms with E-state index in [1.54, 1.807) is 16.7 Å². The van der Waals surface area contributed by atoms with Gasteiger partial charge in [-0.2, -0.15) is 0 Å². The van der Waals surface area contributed by atoms with E-state index in [2.05, 4.69) is 19.7 Å². The van der Waals surface area contributed by atoms with Crippen molar-refractivity contribution < 1.29 is 37.1 Å². The van der Waals surface area contributed by atoms with Gasteiger partial charge in [0.05, 0.1) is 6.61 Å². The van der Waals surface area contributed by atoms with E-state index < -0.39 is 45.1 Å². The van der Waals surface area contributed by atoms with Gasteiger partial charge in [-0.1, -0.05) is 23.4 Å². The molecule has 192 valence electrons. The van der Waals surface area contributed by atoms with Crippen LogP contribution >= 0.6 is 31.2 Å². The van der Waals surface area contributed by atoms with Crippen molar-refractivity contribution in [3.8, 4) is 0 Å². The van der Waals surface area contributed by atoms with Crippen LogP contribution in [0.5, 0.6) is 0 Å². The summed E-state index contributed by atoms with van der Waals surface area (Å²) in [5, 5.41) is 1.10. The van der Waals surface area contributed by atoms with Crippen molar-refractivity contribution in [3.05, 3.63) is 35.6 Å². The van der Waals surface area contributed by atoms with E-state index in [0.717, 1.165) is 4.90 Å². The van der Waals surface area contributed by atoms with Gasteiger partial charge in [0.2, 0.25) is 6.79 Å². The molecule has 0 saturated carbocycles. The van der Waals surface area contributed by atoms with Crippen molar-refractivity contribution in [2.75, 3.05) is 26.2 Å². The normalized spacial score (nSPS) is 27.8. The highest BCUT2D eigenvalue weighted by Crippen LogP contribution is 2.57. The minimum atomic E-state index is -4.05. The standard InChI is InChI=1S/C20H21ClN5O8PS/c1-10(27)30-9-32-35(28)31-7-13-15(34-35)16(29-2)19(33-13)26-18-14(17(22)23-8-24-18)25-20(26)36-12-5-3-11(21)4-6-12/h3-6,8,13,15-16,19H,7,9H2,1-2H3,(H2,22,23,24). The number of carbonyl (C=O) groups is 1. The Morgan fingerprint density at radius 1 is 1.33 bits per heavy atom. The first-order valence-corrected chi connectivity index (χ1v) is 13.2. The zero-order valence-corrected chi connectivity index (χ0v) is 21.4. The first kappa shape index (κ1) is 25.4. The number of fused-ring (bicyclic) bond motifs is 2. The maximum atomic E-state index is 13.0. The molecule has 3 aromatic rings. The Balaban J connectivity index is 1.48. The highest BCUT2D eigenvalue weighted by molar-refractivity contribution is 7.99. The summed E-state index contributed by atoms with van der Waals surface area (Å²) >= 11 is 7.37. The molecular formula is C20H21ClN5O8PS. The van der Waals surface area contributed by atoms with Gasteiger partial charge in [0.1, 0.15) is 24.6 Å². The number of esters is 1. The molecule has 16 heteroatoms. The van der Waals surface area contributed by atoms with Crippen molar-refractivity contribution in [1.82, 2.24) is 19.5 Å². The molecule has 2 aliphatic rings. The molecule has 0 amide bonds. The predicted octanol–water partition coefficient (Wildman–Crippen LogP) is 3.19. The number of imidazole rings is 1. The summed E-state index contributed by atoms with van der Waals surface area (Å²) in [7, 11) is -2.57. The Morgan fingerprint density at radius 3 is 2.83 bits per heavy atom. The SMILES string of the molecule is COC1C2OP(=O)(OCOC(C)=O)OCC2OC1n1c(Sc2ccc(Cl)cc2)nc2c(N)ncnc21. The number of nitrogens with zero attached hydrogens (tertiary/aromatic N) is 4. The first-order chi connectivity index (χ1) is 17.3. The van der Waals surface area contributed by atoms with E-state index >= 15 is 0 Å². The Hall–Kier alpha value is -2.29. The van der Waals surface area contributed by atoms with E-state index in [4.69, 9.17) is 40.4 Å². The zero-order valence-electron chi connectivity index (χ0n) is 19.0. The van der Waals surface area contributed by atoms with Crippen molar-refractivity contribution in [2.45, 2.75) is 41.5 Å². The number of rotatable bonds is 7. The van der Waals surface area contributed by atoms with Gasteiger partial charge in [-0.15, -0.1) is 0 Å². The van der Waals surface area contributed by atoms with Crippen LogP contribution in [0.2, 0.25) is 5.02 Å². The van der Waals surface area contributed by atoms with Gasteiger partial charge in [-0.05, 0) is 24.3 Å². The average molecular weight is 558 g/mol. The number of benzene rings is 1. The van der Waals surface area contributed by atoms with E-state index in [1.807, 2.05) is 12.1 Å². The molecule has 0 radical (unpaired) electrons. The van der Waals surface area contributed by atoms with Crippen molar-refractivity contribution in [2.24, 2.45) is 0 Å². The van der Waals surface area contributed by atoms with E-state index in [1.165, 1.54) is 32.1 Å². The number of aromatic nitrogens is 4. The number of hydrogen-bond acceptors (Lipinski definition) is 13. The highest BCUT2D eigenvalue weighted by Gasteiger charge is 2.55. The Labute approximate surface area is 214 Å². The number of anilines is 1. The summed E-state index contributed by atoms with van der Waals surface area (Å²) in [6, 6.07) is 7.23. The number of methoxy groups -OCH3 is 1. The topological polar surface area (TPSA) is 159 Å². The molecule has 5 rings (SSSR count). The number of nitrogen functional groups attached to an aromatic ring is 1. The Bertz CT molecular complexity index is 1330. The van der Waals surface area contributed by atoms with Crippen LogP contribution < -0.4 is 5.73 Å². The predicted molar refractivity (Wildman–Crippen MR) is 126 cm³/mol. The molecule has 5 atom stereocenters. The van der Waals surface area contributed by atoms with Crippen molar-refractivity contribution >= 4 is 54.1 Å². The van der Waals surface area contributed by atoms with Crippen molar-refractivity contribution in [3.63, 3.8) is 0 Å². The number of hydrogen-bond donors (Lipinski definition) is 1. The summed E-state index contributed by atoms with van der Waals surface area (Å²) in [5.74, 6) is -0.404. The lowest BCUT2D eigenvalue weighted by atomic mass is 10.1. The van der Waals surface area contributed by atoms with Crippen LogP contribution in [0.3, 0.4) is 0 Å². The van der Waals surface area contributed by atoms with E-state index in [0.29, 0.717) is 21.3 Å². The second kappa shape index (κ2) is 10.2. The zero-order chi connectivity index (χ0) is 25.4. The fourth-order valence-electron chi connectivity index (χ4n) is 3.83. The number of nitrogens with two attached hydrogens (primary N) is 1. The molecule has 0 spiro atoms. The van der Waals surface area contributed by atoms with Crippen LogP contribution in [-0.2, 0) is 37.1 Å². The smallest absolute Gasteiger partial charge is 0.438 e. The van der Waals surface area contributed by atoms with Gasteiger partial charge in [-0.25, -0.2) is 24.0 Å². The van der Waals surface area contributed by atoms with E-state index in [9.17, 15) is 9.36 Å². The number of halogens is 1. The molecule has 0 aliphatic carbocycles. The van der Waals surface area contributed by atoms with Crippen LogP contribution in [0.15, 0.2) is 40.6 Å². The van der Waals surface area contributed by atoms with Crippen LogP contribution in [0.1, 0.15) is 13.2 Å². The number of phosphoric ester groups is 1. The van der Waals surface area contributed by atoms with E-state index in [-0.39, 0.29) is 12.4 Å². The molecule has 4 heterocycles. The third-order valence-corrected chi connectivity index (χ3v) is 8.05. The lowest BCUT2D eigenvalue weighted by molar-refractivity contribution is -0.150. The minimum absolute atomic E-state index is 0.109. The molecule has 13 nitrogen and oxygen atoms in total. The highest BCUT2D eigenvalue weighted by atomic mass is 35.5. The lowest BCUT2D eigenvalue weighted by Crippen LogP contribution is -2.40. The quantitative estimate of drug-likeness (QED) is 0.256. The largest absolute Gasteiger partial charge is 0.478 e. The molecular weight excluding hydrogens is 537 g/mol. The van der Waals surface area contributed by atoms with Gasteiger partial charge in [0.25, 0.3) is 0 Å². The molecule has 36 heavy (non-hydrogen) atoms. The third-order valence-electron chi connectivity index (χ3n) is 5.43. The monoisotopic (exact) mass is 557 g/mol. The number of phosphoric acid groups is 1. The van der Waals surface area contributed by atoms with Crippen LogP contribution in [0.4, 0.5) is 5.82 Å². The summed E-state index contributed by atoms with van der Waals surface area (Å²) in [6.45, 7) is 0.498. The molecule has 1 aromatic carbocycles. The molecule has 2 aromatic heterocycles. The summed E-state index contributed by atoms with van der Waals surface area (Å²) in [5.41, 5.74) is 6.88. The number of ether oxygens (including phenoxy) is 3. The Kier molecular flexibility index (Phi) is 7.21. The fraction of sp³-hybridized carbons (Fsp3) is 0.400. The first-order valence-electron chi connectivity index (χ1n) is 10.6. The van der Waals surface area contributed by atoms with Crippen LogP contribution in [0, 0.1) is 0 Å². The van der Waals surface area contributed by atoms with Gasteiger partial charge < -0.3 is 19.9 Å². The molecule has 2 N–H and O–H groups in total. The summed E-state index contributed by atoms with van der Waals surface area (Å²) in [6.07, 6.45) is -1.72. The summed E-state index contributed by atoms with van der Waals surface area (Å²) < 4.78 is 47.4. The number of carbonyl (C=O) groups excluding carboxylic acids is 1. The molecule has 2 fully saturated rings. The average Bonchev–Trinajstić information content (AvgIpc) is 3.37. The van der Waals surface area contributed by atoms with Gasteiger partial charge in [-0.3, -0.25) is 18.4 Å².